The number of hydrogen-bond donors (Lipinski definition) is 4. The van der Waals surface area contributed by atoms with Crippen LogP contribution in [-0.4, -0.2) is 60.1 Å². The molecule has 0 atom stereocenters. The molecule has 4 aromatic rings. The number of fused-ring (bicyclic) bond motifs is 1. The highest BCUT2D eigenvalue weighted by Gasteiger charge is 2.20. The van der Waals surface area contributed by atoms with Gasteiger partial charge in [0.1, 0.15) is 17.3 Å². The Bertz CT molecular complexity index is 1340. The number of amides is 1. The molecule has 0 unspecified atom stereocenters. The Balaban J connectivity index is 1.39. The van der Waals surface area contributed by atoms with Crippen LogP contribution in [0.25, 0.3) is 22.3 Å². The fraction of sp³-hybridized carbons (Fsp3) is 0.240. The molecule has 0 bridgehead atoms. The van der Waals surface area contributed by atoms with Crippen molar-refractivity contribution in [3.05, 3.63) is 66.0 Å². The van der Waals surface area contributed by atoms with Crippen molar-refractivity contribution >= 4 is 28.3 Å². The van der Waals surface area contributed by atoms with Crippen LogP contribution in [-0.2, 0) is 0 Å². The molecule has 5 rings (SSSR count). The second-order valence-electron chi connectivity index (χ2n) is 8.49. The average Bonchev–Trinajstić information content (AvgIpc) is 3.53. The predicted molar refractivity (Wildman–Crippen MR) is 132 cm³/mol. The number of nitrogens with zero attached hydrogens (tertiary/aromatic N) is 3. The van der Waals surface area contributed by atoms with Gasteiger partial charge >= 0.3 is 0 Å². The van der Waals surface area contributed by atoms with E-state index in [1.165, 1.54) is 5.56 Å². The van der Waals surface area contributed by atoms with E-state index in [1.54, 1.807) is 32.3 Å². The Morgan fingerprint density at radius 3 is 2.68 bits per heavy atom. The van der Waals surface area contributed by atoms with Gasteiger partial charge in [-0.3, -0.25) is 15.6 Å². The first kappa shape index (κ1) is 21.9. The summed E-state index contributed by atoms with van der Waals surface area (Å²) < 4.78 is 5.64. The fourth-order valence-corrected chi connectivity index (χ4v) is 4.15. The number of carbonyl (C=O) groups excluding carboxylic acids is 1. The van der Waals surface area contributed by atoms with Crippen LogP contribution in [0.4, 0.5) is 11.5 Å². The molecule has 4 N–H and O–H groups in total. The van der Waals surface area contributed by atoms with Crippen LogP contribution in [0.15, 0.2) is 54.7 Å². The lowest BCUT2D eigenvalue weighted by Crippen LogP contribution is -2.21. The summed E-state index contributed by atoms with van der Waals surface area (Å²) in [5.41, 5.74) is 10.6. The molecular formula is C25H27N7O2. The summed E-state index contributed by atoms with van der Waals surface area (Å²) in [5, 5.41) is 4.32. The van der Waals surface area contributed by atoms with E-state index in [4.69, 9.17) is 9.72 Å². The Hall–Kier alpha value is -3.95. The predicted octanol–water partition coefficient (Wildman–Crippen LogP) is 3.27. The van der Waals surface area contributed by atoms with Crippen molar-refractivity contribution in [2.24, 2.45) is 0 Å². The minimum atomic E-state index is -0.0675. The van der Waals surface area contributed by atoms with E-state index in [0.29, 0.717) is 23.3 Å². The number of hydrogen-bond acceptors (Lipinski definition) is 7. The number of anilines is 2. The Kier molecular flexibility index (Phi) is 5.87. The number of ether oxygens (including phenoxy) is 1. The molecule has 3 heterocycles. The van der Waals surface area contributed by atoms with Gasteiger partial charge in [0.2, 0.25) is 0 Å². The van der Waals surface area contributed by atoms with E-state index in [9.17, 15) is 4.79 Å². The molecule has 1 fully saturated rings. The zero-order chi connectivity index (χ0) is 23.7. The van der Waals surface area contributed by atoms with E-state index >= 15 is 0 Å². The lowest BCUT2D eigenvalue weighted by atomic mass is 9.99. The van der Waals surface area contributed by atoms with Crippen molar-refractivity contribution in [1.82, 2.24) is 30.7 Å². The number of benzene rings is 2. The SMILES string of the molecule is COc1cc(Nc2ccnc(-c3ccc4cc(C(=O)N(C)C)[nH]c4c3)n2)ccc1C1CNNC1. The van der Waals surface area contributed by atoms with Gasteiger partial charge in [-0.05, 0) is 29.8 Å². The number of hydrazine groups is 1. The van der Waals surface area contributed by atoms with Gasteiger partial charge in [0.15, 0.2) is 5.82 Å². The molecule has 1 saturated heterocycles. The van der Waals surface area contributed by atoms with Crippen molar-refractivity contribution < 1.29 is 9.53 Å². The van der Waals surface area contributed by atoms with Crippen LogP contribution in [0.3, 0.4) is 0 Å². The van der Waals surface area contributed by atoms with Gasteiger partial charge in [-0.25, -0.2) is 9.97 Å². The normalized spacial score (nSPS) is 13.9. The first-order valence-corrected chi connectivity index (χ1v) is 11.1. The minimum Gasteiger partial charge on any atom is -0.496 e. The smallest absolute Gasteiger partial charge is 0.269 e. The quantitative estimate of drug-likeness (QED) is 0.352. The van der Waals surface area contributed by atoms with Gasteiger partial charge in [0.05, 0.1) is 7.11 Å². The van der Waals surface area contributed by atoms with E-state index in [2.05, 4.69) is 32.2 Å². The summed E-state index contributed by atoms with van der Waals surface area (Å²) in [6.07, 6.45) is 1.73. The van der Waals surface area contributed by atoms with Crippen LogP contribution in [0.1, 0.15) is 22.0 Å². The fourth-order valence-electron chi connectivity index (χ4n) is 4.15. The summed E-state index contributed by atoms with van der Waals surface area (Å²) in [5.74, 6) is 2.41. The number of aromatic amines is 1. The number of aromatic nitrogens is 3. The molecular weight excluding hydrogens is 430 g/mol. The maximum atomic E-state index is 12.3. The first-order chi connectivity index (χ1) is 16.5. The monoisotopic (exact) mass is 457 g/mol. The highest BCUT2D eigenvalue weighted by atomic mass is 16.5. The maximum absolute atomic E-state index is 12.3. The molecule has 34 heavy (non-hydrogen) atoms. The van der Waals surface area contributed by atoms with Crippen LogP contribution in [0, 0.1) is 0 Å². The van der Waals surface area contributed by atoms with Crippen molar-refractivity contribution in [3.63, 3.8) is 0 Å². The van der Waals surface area contributed by atoms with Gasteiger partial charge in [-0.1, -0.05) is 18.2 Å². The molecule has 2 aromatic carbocycles. The molecule has 9 nitrogen and oxygen atoms in total. The molecule has 0 radical (unpaired) electrons. The summed E-state index contributed by atoms with van der Waals surface area (Å²) in [6.45, 7) is 1.74. The first-order valence-electron chi connectivity index (χ1n) is 11.1. The van der Waals surface area contributed by atoms with Gasteiger partial charge in [0.25, 0.3) is 5.91 Å². The Morgan fingerprint density at radius 2 is 1.91 bits per heavy atom. The second-order valence-corrected chi connectivity index (χ2v) is 8.49. The van der Waals surface area contributed by atoms with Gasteiger partial charge in [-0.15, -0.1) is 0 Å². The maximum Gasteiger partial charge on any atom is 0.269 e. The van der Waals surface area contributed by atoms with Crippen LogP contribution in [0.2, 0.25) is 0 Å². The molecule has 1 amide bonds. The number of rotatable bonds is 6. The van der Waals surface area contributed by atoms with E-state index < -0.39 is 0 Å². The van der Waals surface area contributed by atoms with Crippen LogP contribution < -0.4 is 20.9 Å². The van der Waals surface area contributed by atoms with Crippen LogP contribution >= 0.6 is 0 Å². The molecule has 9 heteroatoms. The summed E-state index contributed by atoms with van der Waals surface area (Å²) >= 11 is 0. The highest BCUT2D eigenvalue weighted by Crippen LogP contribution is 2.31. The van der Waals surface area contributed by atoms with E-state index in [0.717, 1.165) is 41.0 Å². The Morgan fingerprint density at radius 1 is 1.09 bits per heavy atom. The van der Waals surface area contributed by atoms with Crippen molar-refractivity contribution in [3.8, 4) is 17.1 Å². The van der Waals surface area contributed by atoms with Gasteiger partial charge in [-0.2, -0.15) is 0 Å². The molecule has 0 saturated carbocycles. The number of nitrogens with one attached hydrogen (secondary N) is 4. The lowest BCUT2D eigenvalue weighted by molar-refractivity contribution is 0.0823. The standard InChI is InChI=1S/C25H27N7O2/c1-32(2)25(33)21-10-15-4-5-16(11-20(15)30-21)24-26-9-8-23(31-24)29-18-6-7-19(22(12-18)34-3)17-13-27-28-14-17/h4-12,17,27-28,30H,13-14H2,1-3H3,(H,26,29,31). The number of methoxy groups -OCH3 is 1. The third-order valence-corrected chi connectivity index (χ3v) is 5.94. The zero-order valence-electron chi connectivity index (χ0n) is 19.3. The van der Waals surface area contributed by atoms with E-state index in [-0.39, 0.29) is 5.91 Å². The third kappa shape index (κ3) is 4.30. The summed E-state index contributed by atoms with van der Waals surface area (Å²) in [6, 6.07) is 15.7. The second kappa shape index (κ2) is 9.12. The molecule has 0 spiro atoms. The largest absolute Gasteiger partial charge is 0.496 e. The topological polar surface area (TPSA) is 107 Å². The van der Waals surface area contributed by atoms with Crippen molar-refractivity contribution in [1.29, 1.82) is 0 Å². The van der Waals surface area contributed by atoms with Gasteiger partial charge in [0, 0.05) is 67.5 Å². The van der Waals surface area contributed by atoms with Crippen molar-refractivity contribution in [2.45, 2.75) is 5.92 Å². The molecule has 174 valence electrons. The highest BCUT2D eigenvalue weighted by molar-refractivity contribution is 5.98. The number of H-pyrrole nitrogens is 1. The third-order valence-electron chi connectivity index (χ3n) is 5.94. The lowest BCUT2D eigenvalue weighted by Gasteiger charge is -2.15. The number of carbonyl (C=O) groups is 1. The molecule has 1 aliphatic heterocycles. The molecule has 1 aliphatic rings. The minimum absolute atomic E-state index is 0.0675. The zero-order valence-corrected chi connectivity index (χ0v) is 19.3. The van der Waals surface area contributed by atoms with Gasteiger partial charge < -0.3 is 19.9 Å². The Labute approximate surface area is 197 Å². The van der Waals surface area contributed by atoms with E-state index in [1.807, 2.05) is 42.5 Å². The molecule has 0 aliphatic carbocycles. The van der Waals surface area contributed by atoms with Crippen LogP contribution in [0.5, 0.6) is 5.75 Å². The molecule has 2 aromatic heterocycles. The van der Waals surface area contributed by atoms with Crippen molar-refractivity contribution in [2.75, 3.05) is 39.6 Å². The average molecular weight is 458 g/mol. The summed E-state index contributed by atoms with van der Waals surface area (Å²) in [4.78, 5) is 26.2. The summed E-state index contributed by atoms with van der Waals surface area (Å²) in [7, 11) is 5.16.